The normalized spacial score (nSPS) is 11.3. The third-order valence-corrected chi connectivity index (χ3v) is 4.25. The minimum absolute atomic E-state index is 0.0301. The molecule has 8 heteroatoms. The van der Waals surface area contributed by atoms with Crippen molar-refractivity contribution >= 4 is 11.6 Å². The molecule has 0 unspecified atom stereocenters. The van der Waals surface area contributed by atoms with Crippen molar-refractivity contribution in [2.24, 2.45) is 0 Å². The molecule has 29 heavy (non-hydrogen) atoms. The van der Waals surface area contributed by atoms with Crippen LogP contribution in [-0.4, -0.2) is 22.3 Å². The number of nitrogens with one attached hydrogen (secondary N) is 1. The van der Waals surface area contributed by atoms with Gasteiger partial charge < -0.3 is 10.1 Å². The molecule has 0 saturated heterocycles. The molecule has 1 heterocycles. The number of para-hydroxylation sites is 1. The molecule has 0 aliphatic heterocycles. The fourth-order valence-corrected chi connectivity index (χ4v) is 2.91. The van der Waals surface area contributed by atoms with E-state index in [9.17, 15) is 18.0 Å². The van der Waals surface area contributed by atoms with Crippen molar-refractivity contribution in [3.8, 4) is 11.4 Å². The Kier molecular flexibility index (Phi) is 6.21. The number of carbonyl (C=O) groups excluding carboxylic acids is 1. The summed E-state index contributed by atoms with van der Waals surface area (Å²) >= 11 is 0. The lowest BCUT2D eigenvalue weighted by Gasteiger charge is -2.16. The van der Waals surface area contributed by atoms with Gasteiger partial charge in [-0.2, -0.15) is 18.3 Å². The zero-order valence-corrected chi connectivity index (χ0v) is 15.7. The van der Waals surface area contributed by atoms with Gasteiger partial charge in [0.25, 0.3) is 0 Å². The minimum Gasteiger partial charge on any atom is -0.494 e. The highest BCUT2D eigenvalue weighted by molar-refractivity contribution is 5.92. The number of benzene rings is 2. The number of amides is 1. The Hall–Kier alpha value is -3.29. The van der Waals surface area contributed by atoms with Crippen molar-refractivity contribution in [2.45, 2.75) is 25.9 Å². The summed E-state index contributed by atoms with van der Waals surface area (Å²) in [7, 11) is 0. The highest BCUT2D eigenvalue weighted by Crippen LogP contribution is 2.36. The summed E-state index contributed by atoms with van der Waals surface area (Å²) in [6.07, 6.45) is -1.21. The SMILES string of the molecule is CCOc1ccccc1CCC(=O)Nc1ccc(-n2cccn2)cc1C(F)(F)F. The summed E-state index contributed by atoms with van der Waals surface area (Å²) in [5, 5.41) is 6.32. The van der Waals surface area contributed by atoms with E-state index in [1.807, 2.05) is 25.1 Å². The molecule has 0 fully saturated rings. The second kappa shape index (κ2) is 8.81. The standard InChI is InChI=1S/C21H20F3N3O2/c1-2-29-19-7-4-3-6-15(19)8-11-20(28)26-18-10-9-16(27-13-5-12-25-27)14-17(18)21(22,23)24/h3-7,9-10,12-14H,2,8,11H2,1H3,(H,26,28). The summed E-state index contributed by atoms with van der Waals surface area (Å²) in [6.45, 7) is 2.34. The van der Waals surface area contributed by atoms with E-state index >= 15 is 0 Å². The van der Waals surface area contributed by atoms with Crippen LogP contribution in [0.3, 0.4) is 0 Å². The average molecular weight is 403 g/mol. The van der Waals surface area contributed by atoms with Crippen molar-refractivity contribution in [3.63, 3.8) is 0 Å². The molecule has 0 radical (unpaired) electrons. The number of alkyl halides is 3. The molecule has 0 aliphatic rings. The number of carbonyl (C=O) groups is 1. The second-order valence-electron chi connectivity index (χ2n) is 6.27. The van der Waals surface area contributed by atoms with Gasteiger partial charge in [-0.1, -0.05) is 18.2 Å². The fourth-order valence-electron chi connectivity index (χ4n) is 2.91. The van der Waals surface area contributed by atoms with E-state index < -0.39 is 17.6 Å². The van der Waals surface area contributed by atoms with Gasteiger partial charge in [0.05, 0.1) is 23.5 Å². The van der Waals surface area contributed by atoms with Gasteiger partial charge in [-0.05, 0) is 49.2 Å². The minimum atomic E-state index is -4.62. The lowest BCUT2D eigenvalue weighted by Crippen LogP contribution is -2.17. The van der Waals surface area contributed by atoms with Crippen molar-refractivity contribution < 1.29 is 22.7 Å². The first kappa shape index (κ1) is 20.4. The topological polar surface area (TPSA) is 56.1 Å². The predicted octanol–water partition coefficient (Wildman–Crippen LogP) is 4.86. The molecule has 3 aromatic rings. The number of rotatable bonds is 7. The number of aryl methyl sites for hydroxylation is 1. The van der Waals surface area contributed by atoms with Crippen molar-refractivity contribution in [2.75, 3.05) is 11.9 Å². The lowest BCUT2D eigenvalue weighted by molar-refractivity contribution is -0.137. The van der Waals surface area contributed by atoms with Gasteiger partial charge in [-0.3, -0.25) is 4.79 Å². The fraction of sp³-hybridized carbons (Fsp3) is 0.238. The molecule has 1 N–H and O–H groups in total. The number of aromatic nitrogens is 2. The molecule has 0 aliphatic carbocycles. The van der Waals surface area contributed by atoms with Crippen LogP contribution < -0.4 is 10.1 Å². The van der Waals surface area contributed by atoms with Crippen LogP contribution in [0.4, 0.5) is 18.9 Å². The van der Waals surface area contributed by atoms with Gasteiger partial charge >= 0.3 is 6.18 Å². The smallest absolute Gasteiger partial charge is 0.418 e. The molecule has 0 atom stereocenters. The number of nitrogens with zero attached hydrogens (tertiary/aromatic N) is 2. The molecule has 5 nitrogen and oxygen atoms in total. The molecule has 1 aromatic heterocycles. The van der Waals surface area contributed by atoms with Gasteiger partial charge in [0.2, 0.25) is 5.91 Å². The quantitative estimate of drug-likeness (QED) is 0.613. The Bertz CT molecular complexity index is 970. The van der Waals surface area contributed by atoms with E-state index in [2.05, 4.69) is 10.4 Å². The maximum absolute atomic E-state index is 13.5. The first-order chi connectivity index (χ1) is 13.9. The Morgan fingerprint density at radius 1 is 1.17 bits per heavy atom. The second-order valence-corrected chi connectivity index (χ2v) is 6.27. The summed E-state index contributed by atoms with van der Waals surface area (Å²) in [6, 6.07) is 12.6. The van der Waals surface area contributed by atoms with Crippen LogP contribution in [0, 0.1) is 0 Å². The van der Waals surface area contributed by atoms with Crippen molar-refractivity contribution in [3.05, 3.63) is 72.1 Å². The van der Waals surface area contributed by atoms with Gasteiger partial charge in [0.15, 0.2) is 0 Å². The van der Waals surface area contributed by atoms with Gasteiger partial charge in [0.1, 0.15) is 5.75 Å². The van der Waals surface area contributed by atoms with Crippen LogP contribution in [0.1, 0.15) is 24.5 Å². The number of ether oxygens (including phenoxy) is 1. The molecule has 1 amide bonds. The summed E-state index contributed by atoms with van der Waals surface area (Å²) in [5.41, 5.74) is -0.120. The molecular weight excluding hydrogens is 383 g/mol. The monoisotopic (exact) mass is 403 g/mol. The Morgan fingerprint density at radius 2 is 1.97 bits per heavy atom. The number of halogens is 3. The van der Waals surface area contributed by atoms with Crippen LogP contribution in [0.2, 0.25) is 0 Å². The molecule has 0 saturated carbocycles. The van der Waals surface area contributed by atoms with Gasteiger partial charge in [-0.15, -0.1) is 0 Å². The molecular formula is C21H20F3N3O2. The van der Waals surface area contributed by atoms with E-state index in [1.165, 1.54) is 23.0 Å². The van der Waals surface area contributed by atoms with Crippen LogP contribution in [0.25, 0.3) is 5.69 Å². The van der Waals surface area contributed by atoms with Crippen LogP contribution in [0.5, 0.6) is 5.75 Å². The molecule has 0 bridgehead atoms. The zero-order chi connectivity index (χ0) is 20.9. The molecule has 152 valence electrons. The van der Waals surface area contributed by atoms with E-state index in [1.54, 1.807) is 18.3 Å². The molecule has 3 rings (SSSR count). The van der Waals surface area contributed by atoms with Crippen LogP contribution in [0.15, 0.2) is 60.9 Å². The van der Waals surface area contributed by atoms with E-state index in [0.29, 0.717) is 18.8 Å². The maximum Gasteiger partial charge on any atom is 0.418 e. The first-order valence-corrected chi connectivity index (χ1v) is 9.10. The van der Waals surface area contributed by atoms with E-state index in [4.69, 9.17) is 4.74 Å². The Morgan fingerprint density at radius 3 is 2.66 bits per heavy atom. The highest BCUT2D eigenvalue weighted by Gasteiger charge is 2.34. The maximum atomic E-state index is 13.5. The van der Waals surface area contributed by atoms with Crippen LogP contribution >= 0.6 is 0 Å². The highest BCUT2D eigenvalue weighted by atomic mass is 19.4. The van der Waals surface area contributed by atoms with E-state index in [-0.39, 0.29) is 17.8 Å². The zero-order valence-electron chi connectivity index (χ0n) is 15.7. The predicted molar refractivity (Wildman–Crippen MR) is 103 cm³/mol. The van der Waals surface area contributed by atoms with Crippen molar-refractivity contribution in [1.82, 2.24) is 9.78 Å². The first-order valence-electron chi connectivity index (χ1n) is 9.10. The third-order valence-electron chi connectivity index (χ3n) is 4.25. The Labute approximate surface area is 166 Å². The molecule has 2 aromatic carbocycles. The van der Waals surface area contributed by atoms with Gasteiger partial charge in [-0.25, -0.2) is 4.68 Å². The number of hydrogen-bond acceptors (Lipinski definition) is 3. The van der Waals surface area contributed by atoms with Crippen molar-refractivity contribution in [1.29, 1.82) is 0 Å². The number of hydrogen-bond donors (Lipinski definition) is 1. The summed E-state index contributed by atoms with van der Waals surface area (Å²) in [5.74, 6) is 0.163. The Balaban J connectivity index is 1.75. The third kappa shape index (κ3) is 5.16. The number of anilines is 1. The van der Waals surface area contributed by atoms with Crippen LogP contribution in [-0.2, 0) is 17.4 Å². The molecule has 0 spiro atoms. The van der Waals surface area contributed by atoms with E-state index in [0.717, 1.165) is 11.6 Å². The van der Waals surface area contributed by atoms with Gasteiger partial charge in [0, 0.05) is 18.8 Å². The average Bonchev–Trinajstić information content (AvgIpc) is 3.22. The lowest BCUT2D eigenvalue weighted by atomic mass is 10.1. The summed E-state index contributed by atoms with van der Waals surface area (Å²) < 4.78 is 47.4. The summed E-state index contributed by atoms with van der Waals surface area (Å²) in [4.78, 5) is 12.3. The largest absolute Gasteiger partial charge is 0.494 e.